The van der Waals surface area contributed by atoms with Gasteiger partial charge in [-0.05, 0) is 19.4 Å². The molecule has 1 aliphatic heterocycles. The van der Waals surface area contributed by atoms with Crippen LogP contribution in [0, 0.1) is 13.8 Å². The number of aromatic nitrogens is 3. The van der Waals surface area contributed by atoms with Crippen molar-refractivity contribution in [3.63, 3.8) is 0 Å². The van der Waals surface area contributed by atoms with Gasteiger partial charge in [0.25, 0.3) is 0 Å². The molecule has 4 N–H and O–H groups in total. The highest BCUT2D eigenvalue weighted by Crippen LogP contribution is 2.29. The van der Waals surface area contributed by atoms with Crippen molar-refractivity contribution in [1.29, 1.82) is 0 Å². The highest BCUT2D eigenvalue weighted by atomic mass is 16.6. The van der Waals surface area contributed by atoms with E-state index in [0.717, 1.165) is 21.2 Å². The average Bonchev–Trinajstić information content (AvgIpc) is 2.88. The minimum absolute atomic E-state index is 0.443. The minimum Gasteiger partial charge on any atom is -0.394 e. The molecule has 0 radical (unpaired) electrons. The van der Waals surface area contributed by atoms with Crippen LogP contribution in [0.3, 0.4) is 0 Å². The summed E-state index contributed by atoms with van der Waals surface area (Å²) in [5.74, 6) is 0. The van der Waals surface area contributed by atoms with E-state index in [2.05, 4.69) is 9.97 Å². The molecule has 4 atom stereocenters. The molecule has 1 unspecified atom stereocenters. The third kappa shape index (κ3) is 2.07. The number of aromatic amines is 1. The maximum absolute atomic E-state index is 12.1. The van der Waals surface area contributed by atoms with Crippen molar-refractivity contribution in [2.75, 3.05) is 6.61 Å². The topological polar surface area (TPSA) is 121 Å². The van der Waals surface area contributed by atoms with Crippen LogP contribution in [0.4, 0.5) is 0 Å². The molecule has 1 saturated heterocycles. The van der Waals surface area contributed by atoms with Crippen molar-refractivity contribution in [3.8, 4) is 0 Å². The van der Waals surface area contributed by atoms with Crippen molar-refractivity contribution in [1.82, 2.24) is 14.5 Å². The Bertz CT molecular complexity index is 737. The molecular weight excluding hydrogens is 278 g/mol. The molecule has 0 spiro atoms. The van der Waals surface area contributed by atoms with E-state index in [0.29, 0.717) is 5.65 Å². The van der Waals surface area contributed by atoms with E-state index in [4.69, 9.17) is 9.84 Å². The molecule has 2 aromatic rings. The van der Waals surface area contributed by atoms with Gasteiger partial charge >= 0.3 is 5.69 Å². The molecule has 21 heavy (non-hydrogen) atoms. The normalized spacial score (nSPS) is 29.4. The fourth-order valence-electron chi connectivity index (χ4n) is 2.60. The Labute approximate surface area is 119 Å². The SMILES string of the molecule is Cc1[nH]c2nc(=O)n([C@@H]3O[C@H](CO)C(O)[C@@H]3O)cc2c1C. The van der Waals surface area contributed by atoms with Gasteiger partial charge in [0.1, 0.15) is 24.0 Å². The molecule has 8 nitrogen and oxygen atoms in total. The minimum atomic E-state index is -1.31. The van der Waals surface area contributed by atoms with Crippen molar-refractivity contribution in [2.45, 2.75) is 38.4 Å². The van der Waals surface area contributed by atoms with Gasteiger partial charge in [-0.3, -0.25) is 4.57 Å². The van der Waals surface area contributed by atoms with Crippen LogP contribution in [0.2, 0.25) is 0 Å². The zero-order valence-electron chi connectivity index (χ0n) is 11.6. The number of ether oxygens (including phenoxy) is 1. The summed E-state index contributed by atoms with van der Waals surface area (Å²) in [6.07, 6.45) is -3.02. The van der Waals surface area contributed by atoms with Crippen LogP contribution in [0.15, 0.2) is 11.0 Å². The molecule has 3 heterocycles. The third-order valence-corrected chi connectivity index (χ3v) is 4.02. The molecule has 3 rings (SSSR count). The average molecular weight is 295 g/mol. The van der Waals surface area contributed by atoms with E-state index in [9.17, 15) is 15.0 Å². The van der Waals surface area contributed by atoms with E-state index < -0.39 is 36.8 Å². The number of hydrogen-bond donors (Lipinski definition) is 4. The van der Waals surface area contributed by atoms with Gasteiger partial charge in [0.2, 0.25) is 0 Å². The summed E-state index contributed by atoms with van der Waals surface area (Å²) in [5.41, 5.74) is 1.71. The summed E-state index contributed by atoms with van der Waals surface area (Å²) in [6, 6.07) is 0. The third-order valence-electron chi connectivity index (χ3n) is 4.02. The second-order valence-electron chi connectivity index (χ2n) is 5.30. The molecule has 8 heteroatoms. The number of aryl methyl sites for hydroxylation is 2. The maximum atomic E-state index is 12.1. The Hall–Kier alpha value is -1.74. The first-order valence-electron chi connectivity index (χ1n) is 6.64. The first-order valence-corrected chi connectivity index (χ1v) is 6.64. The van der Waals surface area contributed by atoms with E-state index in [1.54, 1.807) is 6.20 Å². The largest absolute Gasteiger partial charge is 0.394 e. The van der Waals surface area contributed by atoms with Crippen molar-refractivity contribution >= 4 is 11.0 Å². The van der Waals surface area contributed by atoms with Gasteiger partial charge in [0.05, 0.1) is 6.61 Å². The number of nitrogens with zero attached hydrogens (tertiary/aromatic N) is 2. The van der Waals surface area contributed by atoms with Crippen LogP contribution in [0.25, 0.3) is 11.0 Å². The molecule has 0 aliphatic carbocycles. The quantitative estimate of drug-likeness (QED) is 0.561. The van der Waals surface area contributed by atoms with Crippen molar-refractivity contribution in [2.24, 2.45) is 0 Å². The van der Waals surface area contributed by atoms with E-state index in [-0.39, 0.29) is 0 Å². The summed E-state index contributed by atoms with van der Waals surface area (Å²) in [6.45, 7) is 3.32. The molecule has 0 bridgehead atoms. The van der Waals surface area contributed by atoms with Gasteiger partial charge in [0.15, 0.2) is 6.23 Å². The van der Waals surface area contributed by atoms with Crippen LogP contribution < -0.4 is 5.69 Å². The molecule has 1 aliphatic rings. The van der Waals surface area contributed by atoms with Gasteiger partial charge in [0, 0.05) is 17.3 Å². The first kappa shape index (κ1) is 14.2. The molecular formula is C13H17N3O5. The Kier molecular flexibility index (Phi) is 3.33. The predicted molar refractivity (Wildman–Crippen MR) is 72.8 cm³/mol. The standard InChI is InChI=1S/C13H17N3O5/c1-5-6(2)14-11-7(5)3-16(13(20)15-11)12-10(19)9(18)8(4-17)21-12/h3,8-10,12,17-19H,4H2,1-2H3,(H,14,15,20)/t8-,9?,10+,12-/m1/s1. The molecule has 1 fully saturated rings. The monoisotopic (exact) mass is 295 g/mol. The van der Waals surface area contributed by atoms with E-state index in [1.165, 1.54) is 0 Å². The van der Waals surface area contributed by atoms with Crippen LogP contribution >= 0.6 is 0 Å². The van der Waals surface area contributed by atoms with Crippen molar-refractivity contribution < 1.29 is 20.1 Å². The lowest BCUT2D eigenvalue weighted by molar-refractivity contribution is -0.0547. The number of aliphatic hydroxyl groups is 3. The predicted octanol–water partition coefficient (Wildman–Crippen LogP) is -1.05. The number of hydrogen-bond acceptors (Lipinski definition) is 6. The van der Waals surface area contributed by atoms with Gasteiger partial charge < -0.3 is 25.0 Å². The lowest BCUT2D eigenvalue weighted by atomic mass is 10.1. The maximum Gasteiger partial charge on any atom is 0.351 e. The highest BCUT2D eigenvalue weighted by molar-refractivity contribution is 5.79. The summed E-state index contributed by atoms with van der Waals surface area (Å²) in [4.78, 5) is 19.0. The zero-order chi connectivity index (χ0) is 15.3. The number of fused-ring (bicyclic) bond motifs is 1. The van der Waals surface area contributed by atoms with Gasteiger partial charge in [-0.25, -0.2) is 4.79 Å². The Balaban J connectivity index is 2.10. The smallest absolute Gasteiger partial charge is 0.351 e. The van der Waals surface area contributed by atoms with Gasteiger partial charge in [-0.1, -0.05) is 0 Å². The summed E-state index contributed by atoms with van der Waals surface area (Å²) in [7, 11) is 0. The molecule has 114 valence electrons. The number of H-pyrrole nitrogens is 1. The summed E-state index contributed by atoms with van der Waals surface area (Å²) >= 11 is 0. The molecule has 0 amide bonds. The summed E-state index contributed by atoms with van der Waals surface area (Å²) in [5, 5.41) is 29.6. The lowest BCUT2D eigenvalue weighted by Crippen LogP contribution is -2.35. The Morgan fingerprint density at radius 3 is 2.71 bits per heavy atom. The highest BCUT2D eigenvalue weighted by Gasteiger charge is 2.43. The summed E-state index contributed by atoms with van der Waals surface area (Å²) < 4.78 is 6.51. The Morgan fingerprint density at radius 1 is 1.38 bits per heavy atom. The number of aliphatic hydroxyl groups excluding tert-OH is 3. The fraction of sp³-hybridized carbons (Fsp3) is 0.538. The number of rotatable bonds is 2. The molecule has 0 aromatic carbocycles. The number of nitrogens with one attached hydrogen (secondary N) is 1. The first-order chi connectivity index (χ1) is 9.93. The van der Waals surface area contributed by atoms with Crippen LogP contribution in [0.5, 0.6) is 0 Å². The van der Waals surface area contributed by atoms with Gasteiger partial charge in [-0.2, -0.15) is 4.98 Å². The Morgan fingerprint density at radius 2 is 2.10 bits per heavy atom. The van der Waals surface area contributed by atoms with E-state index in [1.807, 2.05) is 13.8 Å². The van der Waals surface area contributed by atoms with Gasteiger partial charge in [-0.15, -0.1) is 0 Å². The molecule has 0 saturated carbocycles. The second kappa shape index (κ2) is 4.92. The van der Waals surface area contributed by atoms with Crippen LogP contribution in [-0.2, 0) is 4.74 Å². The lowest BCUT2D eigenvalue weighted by Gasteiger charge is -2.17. The van der Waals surface area contributed by atoms with Crippen LogP contribution in [-0.4, -0.2) is 54.8 Å². The zero-order valence-corrected chi connectivity index (χ0v) is 11.6. The fourth-order valence-corrected chi connectivity index (χ4v) is 2.60. The van der Waals surface area contributed by atoms with E-state index >= 15 is 0 Å². The second-order valence-corrected chi connectivity index (χ2v) is 5.30. The van der Waals surface area contributed by atoms with Crippen LogP contribution in [0.1, 0.15) is 17.5 Å². The molecule has 2 aromatic heterocycles. The van der Waals surface area contributed by atoms with Crippen molar-refractivity contribution in [3.05, 3.63) is 27.9 Å².